The highest BCUT2D eigenvalue weighted by atomic mass is 32.2. The molecule has 0 aliphatic carbocycles. The second-order valence-electron chi connectivity index (χ2n) is 8.37. The molecule has 1 N–H and O–H groups in total. The first-order valence-corrected chi connectivity index (χ1v) is 12.1. The van der Waals surface area contributed by atoms with Gasteiger partial charge in [0.05, 0.1) is 23.3 Å². The number of hydrogen-bond acceptors (Lipinski definition) is 6. The number of para-hydroxylation sites is 4. The van der Waals surface area contributed by atoms with Gasteiger partial charge < -0.3 is 14.0 Å². The molecule has 1 aliphatic heterocycles. The number of aryl methyl sites for hydroxylation is 1. The zero-order chi connectivity index (χ0) is 23.2. The maximum atomic E-state index is 13.2. The highest BCUT2D eigenvalue weighted by Crippen LogP contribution is 2.32. The molecule has 34 heavy (non-hydrogen) atoms. The standard InChI is InChI=1S/C25H23N5O3S/c1-15-11-18(16(2)29(15)12-17-13-32-22-9-5-6-10-23(22)33-17)21(31)14-34-25-28-27-24-26-19-7-3-4-8-20(19)30(24)25/h3-11,17H,12-14H2,1-2H3,(H,26,27)/t17-/m0/s1. The Morgan fingerprint density at radius 3 is 2.82 bits per heavy atom. The minimum Gasteiger partial charge on any atom is -0.486 e. The molecule has 0 saturated carbocycles. The SMILES string of the molecule is Cc1cc(C(=O)CSc2n[nH]c3nc4ccccc4n23)c(C)n1C[C@H]1COc2ccccc2O1. The average molecular weight is 474 g/mol. The van der Waals surface area contributed by atoms with Gasteiger partial charge in [-0.2, -0.15) is 0 Å². The largest absolute Gasteiger partial charge is 0.486 e. The molecule has 0 spiro atoms. The number of carbonyl (C=O) groups is 1. The second-order valence-corrected chi connectivity index (χ2v) is 9.31. The number of thioether (sulfide) groups is 1. The molecule has 0 fully saturated rings. The van der Waals surface area contributed by atoms with Crippen molar-refractivity contribution in [2.75, 3.05) is 12.4 Å². The van der Waals surface area contributed by atoms with E-state index in [1.54, 1.807) is 0 Å². The van der Waals surface area contributed by atoms with Crippen molar-refractivity contribution in [2.24, 2.45) is 0 Å². The number of imidazole rings is 1. The van der Waals surface area contributed by atoms with Gasteiger partial charge >= 0.3 is 0 Å². The van der Waals surface area contributed by atoms with Crippen LogP contribution < -0.4 is 9.47 Å². The molecule has 2 aromatic carbocycles. The Labute approximate surface area is 199 Å². The van der Waals surface area contributed by atoms with Gasteiger partial charge in [-0.3, -0.25) is 9.20 Å². The van der Waals surface area contributed by atoms with E-state index in [1.807, 2.05) is 72.8 Å². The number of rotatable bonds is 6. The first kappa shape index (κ1) is 20.9. The molecule has 4 heterocycles. The van der Waals surface area contributed by atoms with Gasteiger partial charge in [-0.25, -0.2) is 10.1 Å². The number of aromatic nitrogens is 5. The fourth-order valence-electron chi connectivity index (χ4n) is 4.47. The normalized spacial score (nSPS) is 15.3. The maximum Gasteiger partial charge on any atom is 0.231 e. The molecule has 172 valence electrons. The number of H-pyrrole nitrogens is 1. The molecule has 5 aromatic rings. The summed E-state index contributed by atoms with van der Waals surface area (Å²) in [6, 6.07) is 17.5. The van der Waals surface area contributed by atoms with Crippen molar-refractivity contribution in [3.05, 3.63) is 71.5 Å². The summed E-state index contributed by atoms with van der Waals surface area (Å²) in [6.45, 7) is 5.09. The number of nitrogens with zero attached hydrogens (tertiary/aromatic N) is 4. The molecule has 9 heteroatoms. The number of ketones is 1. The fraction of sp³-hybridized carbons (Fsp3) is 0.240. The Balaban J connectivity index is 1.18. The molecule has 1 atom stereocenters. The topological polar surface area (TPSA) is 86.4 Å². The Bertz CT molecular complexity index is 1530. The molecule has 6 rings (SSSR count). The highest BCUT2D eigenvalue weighted by Gasteiger charge is 2.24. The van der Waals surface area contributed by atoms with E-state index in [0.29, 0.717) is 18.9 Å². The summed E-state index contributed by atoms with van der Waals surface area (Å²) in [5, 5.41) is 8.04. The lowest BCUT2D eigenvalue weighted by molar-refractivity contribution is 0.0777. The third kappa shape index (κ3) is 3.52. The fourth-order valence-corrected chi connectivity index (χ4v) is 5.31. The van der Waals surface area contributed by atoms with E-state index >= 15 is 0 Å². The van der Waals surface area contributed by atoms with E-state index in [1.165, 1.54) is 11.8 Å². The van der Waals surface area contributed by atoms with Crippen LogP contribution in [0.4, 0.5) is 0 Å². The number of Topliss-reactive ketones (excluding diaryl/α,β-unsaturated/α-hetero) is 1. The molecule has 0 unspecified atom stereocenters. The molecule has 3 aromatic heterocycles. The van der Waals surface area contributed by atoms with E-state index in [2.05, 4.69) is 19.7 Å². The second kappa shape index (κ2) is 8.25. The van der Waals surface area contributed by atoms with E-state index in [4.69, 9.17) is 9.47 Å². The zero-order valence-electron chi connectivity index (χ0n) is 18.8. The molecule has 1 aliphatic rings. The molecule has 0 bridgehead atoms. The lowest BCUT2D eigenvalue weighted by Crippen LogP contribution is -2.33. The van der Waals surface area contributed by atoms with Gasteiger partial charge in [0.2, 0.25) is 5.78 Å². The van der Waals surface area contributed by atoms with Crippen molar-refractivity contribution >= 4 is 34.4 Å². The number of benzene rings is 2. The van der Waals surface area contributed by atoms with Crippen molar-refractivity contribution in [3.63, 3.8) is 0 Å². The summed E-state index contributed by atoms with van der Waals surface area (Å²) in [5.41, 5.74) is 4.55. The number of carbonyl (C=O) groups excluding carboxylic acids is 1. The van der Waals surface area contributed by atoms with Crippen molar-refractivity contribution in [1.29, 1.82) is 0 Å². The highest BCUT2D eigenvalue weighted by molar-refractivity contribution is 7.99. The first-order chi connectivity index (χ1) is 16.6. The first-order valence-electron chi connectivity index (χ1n) is 11.1. The van der Waals surface area contributed by atoms with Crippen LogP contribution in [0.2, 0.25) is 0 Å². The lowest BCUT2D eigenvalue weighted by Gasteiger charge is -2.27. The van der Waals surface area contributed by atoms with Crippen LogP contribution in [0.3, 0.4) is 0 Å². The molecular formula is C25H23N5O3S. The third-order valence-corrected chi connectivity index (χ3v) is 7.10. The molecule has 0 radical (unpaired) electrons. The van der Waals surface area contributed by atoms with E-state index in [-0.39, 0.29) is 17.6 Å². The van der Waals surface area contributed by atoms with Crippen LogP contribution in [0.15, 0.2) is 59.8 Å². The number of hydrogen-bond donors (Lipinski definition) is 1. The molecular weight excluding hydrogens is 450 g/mol. The van der Waals surface area contributed by atoms with Crippen LogP contribution in [0, 0.1) is 13.8 Å². The zero-order valence-corrected chi connectivity index (χ0v) is 19.6. The summed E-state index contributed by atoms with van der Waals surface area (Å²) in [5.74, 6) is 2.55. The maximum absolute atomic E-state index is 13.2. The third-order valence-electron chi connectivity index (χ3n) is 6.16. The van der Waals surface area contributed by atoms with Crippen LogP contribution >= 0.6 is 11.8 Å². The molecule has 0 saturated heterocycles. The summed E-state index contributed by atoms with van der Waals surface area (Å²) < 4.78 is 16.1. The predicted molar refractivity (Wildman–Crippen MR) is 130 cm³/mol. The Hall–Kier alpha value is -3.72. The minimum atomic E-state index is -0.121. The van der Waals surface area contributed by atoms with E-state index in [9.17, 15) is 4.79 Å². The van der Waals surface area contributed by atoms with Gasteiger partial charge in [0.25, 0.3) is 0 Å². The number of nitrogens with one attached hydrogen (secondary N) is 1. The van der Waals surface area contributed by atoms with Crippen LogP contribution in [0.5, 0.6) is 11.5 Å². The van der Waals surface area contributed by atoms with Gasteiger partial charge in [-0.1, -0.05) is 36.0 Å². The van der Waals surface area contributed by atoms with Crippen molar-refractivity contribution in [3.8, 4) is 11.5 Å². The number of fused-ring (bicyclic) bond motifs is 4. The monoisotopic (exact) mass is 473 g/mol. The van der Waals surface area contributed by atoms with Gasteiger partial charge in [-0.05, 0) is 44.2 Å². The van der Waals surface area contributed by atoms with E-state index in [0.717, 1.165) is 44.6 Å². The summed E-state index contributed by atoms with van der Waals surface area (Å²) in [6.07, 6.45) is -0.121. The van der Waals surface area contributed by atoms with Crippen molar-refractivity contribution < 1.29 is 14.3 Å². The Kier molecular flexibility index (Phi) is 5.06. The summed E-state index contributed by atoms with van der Waals surface area (Å²) >= 11 is 1.41. The minimum absolute atomic E-state index is 0.0658. The van der Waals surface area contributed by atoms with Gasteiger partial charge in [0.15, 0.2) is 28.5 Å². The van der Waals surface area contributed by atoms with Crippen LogP contribution in [0.1, 0.15) is 21.7 Å². The van der Waals surface area contributed by atoms with Crippen LogP contribution in [0.25, 0.3) is 16.8 Å². The summed E-state index contributed by atoms with van der Waals surface area (Å²) in [7, 11) is 0. The summed E-state index contributed by atoms with van der Waals surface area (Å²) in [4.78, 5) is 17.7. The quantitative estimate of drug-likeness (QED) is 0.290. The van der Waals surface area contributed by atoms with E-state index < -0.39 is 0 Å². The Morgan fingerprint density at radius 2 is 1.94 bits per heavy atom. The van der Waals surface area contributed by atoms with Crippen LogP contribution in [-0.4, -0.2) is 48.4 Å². The lowest BCUT2D eigenvalue weighted by atomic mass is 10.2. The van der Waals surface area contributed by atoms with Crippen molar-refractivity contribution in [1.82, 2.24) is 24.1 Å². The van der Waals surface area contributed by atoms with Gasteiger partial charge in [0.1, 0.15) is 6.61 Å². The van der Waals surface area contributed by atoms with Crippen molar-refractivity contribution in [2.45, 2.75) is 31.7 Å². The number of ether oxygens (including phenoxy) is 2. The molecule has 0 amide bonds. The predicted octanol–water partition coefficient (Wildman–Crippen LogP) is 4.44. The van der Waals surface area contributed by atoms with Crippen LogP contribution in [-0.2, 0) is 6.54 Å². The Morgan fingerprint density at radius 1 is 1.15 bits per heavy atom. The smallest absolute Gasteiger partial charge is 0.231 e. The number of aromatic amines is 1. The van der Waals surface area contributed by atoms with Gasteiger partial charge in [-0.15, -0.1) is 5.10 Å². The van der Waals surface area contributed by atoms with Gasteiger partial charge in [0, 0.05) is 17.0 Å². The molecule has 8 nitrogen and oxygen atoms in total. The average Bonchev–Trinajstić information content (AvgIpc) is 3.51.